The van der Waals surface area contributed by atoms with E-state index in [-0.39, 0.29) is 49.6 Å². The van der Waals surface area contributed by atoms with Crippen LogP contribution in [0.2, 0.25) is 0 Å². The fraction of sp³-hybridized carbons (Fsp3) is 0.444. The molecule has 7 nitrogen and oxygen atoms in total. The van der Waals surface area contributed by atoms with E-state index in [9.17, 15) is 5.11 Å². The third-order valence-corrected chi connectivity index (χ3v) is 1.62. The Bertz CT molecular complexity index is 316. The molecule has 0 fully saturated rings. The van der Waals surface area contributed by atoms with Crippen molar-refractivity contribution in [2.45, 2.75) is 0 Å². The van der Waals surface area contributed by atoms with Crippen molar-refractivity contribution in [3.63, 3.8) is 0 Å². The quantitative estimate of drug-likeness (QED) is 0.500. The van der Waals surface area contributed by atoms with E-state index in [1.165, 1.54) is 6.07 Å². The van der Waals surface area contributed by atoms with Gasteiger partial charge in [-0.15, -0.1) is 0 Å². The van der Waals surface area contributed by atoms with Crippen molar-refractivity contribution >= 4 is 5.69 Å². The van der Waals surface area contributed by atoms with Crippen LogP contribution < -0.4 is 15.2 Å². The summed E-state index contributed by atoms with van der Waals surface area (Å²) < 4.78 is 9.97. The average Bonchev–Trinajstić information content (AvgIpc) is 2.26. The van der Waals surface area contributed by atoms with Crippen LogP contribution in [-0.2, 0) is 0 Å². The summed E-state index contributed by atoms with van der Waals surface area (Å²) in [5.74, 6) is -0.238. The number of anilines is 1. The number of aliphatic hydroxyl groups is 2. The fourth-order valence-electron chi connectivity index (χ4n) is 0.991. The Kier molecular flexibility index (Phi) is 4.62. The van der Waals surface area contributed by atoms with Gasteiger partial charge in [0.05, 0.1) is 18.9 Å². The first kappa shape index (κ1) is 12.3. The Morgan fingerprint density at radius 2 is 1.69 bits per heavy atom. The molecular formula is C9H14N2O5. The van der Waals surface area contributed by atoms with Crippen molar-refractivity contribution in [3.05, 3.63) is 6.07 Å². The maximum absolute atomic E-state index is 9.41. The first-order chi connectivity index (χ1) is 7.69. The van der Waals surface area contributed by atoms with Crippen LogP contribution in [0.25, 0.3) is 0 Å². The molecule has 16 heavy (non-hydrogen) atoms. The van der Waals surface area contributed by atoms with Gasteiger partial charge in [0.25, 0.3) is 5.88 Å². The molecule has 0 aliphatic carbocycles. The maximum Gasteiger partial charge on any atom is 0.260 e. The van der Waals surface area contributed by atoms with Gasteiger partial charge in [0, 0.05) is 6.07 Å². The molecule has 0 aliphatic rings. The second-order valence-electron chi connectivity index (χ2n) is 2.85. The summed E-state index contributed by atoms with van der Waals surface area (Å²) in [7, 11) is 0. The number of rotatable bonds is 6. The van der Waals surface area contributed by atoms with Crippen molar-refractivity contribution in [1.82, 2.24) is 4.98 Å². The van der Waals surface area contributed by atoms with E-state index in [4.69, 9.17) is 25.4 Å². The molecule has 0 spiro atoms. The van der Waals surface area contributed by atoms with Gasteiger partial charge in [0.2, 0.25) is 5.88 Å². The molecule has 1 rings (SSSR count). The van der Waals surface area contributed by atoms with E-state index in [0.717, 1.165) is 0 Å². The number of nitrogens with zero attached hydrogens (tertiary/aromatic N) is 1. The lowest BCUT2D eigenvalue weighted by atomic mass is 10.4. The van der Waals surface area contributed by atoms with Gasteiger partial charge in [0.15, 0.2) is 5.75 Å². The third kappa shape index (κ3) is 3.14. The Morgan fingerprint density at radius 3 is 2.25 bits per heavy atom. The van der Waals surface area contributed by atoms with Crippen LogP contribution in [0.15, 0.2) is 6.07 Å². The number of ether oxygens (including phenoxy) is 2. The number of aromatic hydroxyl groups is 1. The molecule has 0 atom stereocenters. The molecule has 1 aromatic heterocycles. The number of aromatic nitrogens is 1. The Hall–Kier alpha value is -1.73. The molecule has 0 radical (unpaired) electrons. The summed E-state index contributed by atoms with van der Waals surface area (Å²) in [6.07, 6.45) is 0. The molecular weight excluding hydrogens is 216 g/mol. The molecule has 1 aromatic rings. The van der Waals surface area contributed by atoms with Crippen LogP contribution in [-0.4, -0.2) is 46.7 Å². The Labute approximate surface area is 92.1 Å². The lowest BCUT2D eigenvalue weighted by Crippen LogP contribution is -2.08. The summed E-state index contributed by atoms with van der Waals surface area (Å²) >= 11 is 0. The van der Waals surface area contributed by atoms with Gasteiger partial charge in [-0.2, -0.15) is 4.98 Å². The Balaban J connectivity index is 2.83. The van der Waals surface area contributed by atoms with Crippen molar-refractivity contribution in [2.24, 2.45) is 0 Å². The second-order valence-corrected chi connectivity index (χ2v) is 2.85. The summed E-state index contributed by atoms with van der Waals surface area (Å²) in [5.41, 5.74) is 5.67. The van der Waals surface area contributed by atoms with Gasteiger partial charge in [-0.25, -0.2) is 0 Å². The summed E-state index contributed by atoms with van der Waals surface area (Å²) in [6, 6.07) is 1.23. The number of hydrogen-bond donors (Lipinski definition) is 4. The molecule has 90 valence electrons. The molecule has 0 unspecified atom stereocenters. The van der Waals surface area contributed by atoms with Crippen molar-refractivity contribution in [3.8, 4) is 17.5 Å². The first-order valence-electron chi connectivity index (χ1n) is 4.65. The number of nitrogens with two attached hydrogens (primary N) is 1. The van der Waals surface area contributed by atoms with Crippen LogP contribution in [0.1, 0.15) is 0 Å². The lowest BCUT2D eigenvalue weighted by molar-refractivity contribution is 0.182. The van der Waals surface area contributed by atoms with E-state index in [0.29, 0.717) is 0 Å². The number of hydrogen-bond acceptors (Lipinski definition) is 7. The van der Waals surface area contributed by atoms with Gasteiger partial charge in [-0.1, -0.05) is 0 Å². The van der Waals surface area contributed by atoms with Crippen LogP contribution in [0.3, 0.4) is 0 Å². The Morgan fingerprint density at radius 1 is 1.12 bits per heavy atom. The molecule has 0 saturated carbocycles. The van der Waals surface area contributed by atoms with E-state index >= 15 is 0 Å². The highest BCUT2D eigenvalue weighted by Gasteiger charge is 2.11. The summed E-state index contributed by atoms with van der Waals surface area (Å²) in [4.78, 5) is 3.81. The average molecular weight is 230 g/mol. The lowest BCUT2D eigenvalue weighted by Gasteiger charge is -2.10. The van der Waals surface area contributed by atoms with Crippen LogP contribution in [0, 0.1) is 0 Å². The molecule has 0 amide bonds. The minimum atomic E-state index is -0.234. The molecule has 5 N–H and O–H groups in total. The minimum Gasteiger partial charge on any atom is -0.503 e. The van der Waals surface area contributed by atoms with Gasteiger partial charge < -0.3 is 30.5 Å². The summed E-state index contributed by atoms with van der Waals surface area (Å²) in [6.45, 7) is -0.321. The minimum absolute atomic E-state index is 0.00389. The monoisotopic (exact) mass is 230 g/mol. The molecule has 0 bridgehead atoms. The topological polar surface area (TPSA) is 118 Å². The van der Waals surface area contributed by atoms with E-state index in [2.05, 4.69) is 4.98 Å². The van der Waals surface area contributed by atoms with Crippen molar-refractivity contribution in [2.75, 3.05) is 32.2 Å². The SMILES string of the molecule is Nc1cc(O)c(OCCO)nc1OCCO. The highest BCUT2D eigenvalue weighted by molar-refractivity contribution is 5.55. The molecule has 7 heteroatoms. The van der Waals surface area contributed by atoms with Gasteiger partial charge >= 0.3 is 0 Å². The van der Waals surface area contributed by atoms with E-state index < -0.39 is 0 Å². The van der Waals surface area contributed by atoms with Crippen molar-refractivity contribution in [1.29, 1.82) is 0 Å². The van der Waals surface area contributed by atoms with E-state index in [1.54, 1.807) is 0 Å². The number of aliphatic hydroxyl groups excluding tert-OH is 2. The predicted octanol–water partition coefficient (Wildman–Crippen LogP) is -0.888. The number of pyridine rings is 1. The van der Waals surface area contributed by atoms with Gasteiger partial charge in [-0.05, 0) is 0 Å². The van der Waals surface area contributed by atoms with Crippen LogP contribution >= 0.6 is 0 Å². The maximum atomic E-state index is 9.41. The van der Waals surface area contributed by atoms with Gasteiger partial charge in [0.1, 0.15) is 13.2 Å². The normalized spacial score (nSPS) is 10.1. The molecule has 0 aliphatic heterocycles. The molecule has 1 heterocycles. The van der Waals surface area contributed by atoms with Crippen molar-refractivity contribution < 1.29 is 24.8 Å². The first-order valence-corrected chi connectivity index (χ1v) is 4.65. The van der Waals surface area contributed by atoms with Gasteiger partial charge in [-0.3, -0.25) is 0 Å². The van der Waals surface area contributed by atoms with Crippen LogP contribution in [0.4, 0.5) is 5.69 Å². The second kappa shape index (κ2) is 5.99. The molecule has 0 aromatic carbocycles. The zero-order valence-corrected chi connectivity index (χ0v) is 8.59. The standard InChI is InChI=1S/C9H14N2O5/c10-6-5-7(14)9(16-4-2-13)11-8(6)15-3-1-12/h5,12-14H,1-4,10H2. The van der Waals surface area contributed by atoms with E-state index in [1.807, 2.05) is 0 Å². The smallest absolute Gasteiger partial charge is 0.260 e. The molecule has 0 saturated heterocycles. The zero-order valence-electron chi connectivity index (χ0n) is 8.59. The fourth-order valence-corrected chi connectivity index (χ4v) is 0.991. The predicted molar refractivity (Wildman–Crippen MR) is 55.5 cm³/mol. The third-order valence-electron chi connectivity index (χ3n) is 1.62. The zero-order chi connectivity index (χ0) is 12.0. The van der Waals surface area contributed by atoms with Crippen LogP contribution in [0.5, 0.6) is 17.5 Å². The summed E-state index contributed by atoms with van der Waals surface area (Å²) in [5, 5.41) is 26.6. The largest absolute Gasteiger partial charge is 0.503 e. The number of nitrogen functional groups attached to an aromatic ring is 1. The highest BCUT2D eigenvalue weighted by Crippen LogP contribution is 2.31. The highest BCUT2D eigenvalue weighted by atomic mass is 16.5.